The first-order valence-electron chi connectivity index (χ1n) is 5.55. The Labute approximate surface area is 108 Å². The van der Waals surface area contributed by atoms with E-state index in [2.05, 4.69) is 30.8 Å². The first kappa shape index (κ1) is 13.8. The summed E-state index contributed by atoms with van der Waals surface area (Å²) in [6.45, 7) is 5.23. The Bertz CT molecular complexity index is 342. The van der Waals surface area contributed by atoms with Crippen LogP contribution in [0.2, 0.25) is 10.3 Å². The third-order valence-electron chi connectivity index (χ3n) is 2.77. The van der Waals surface area contributed by atoms with Crippen LogP contribution in [0.5, 0.6) is 0 Å². The quantitative estimate of drug-likeness (QED) is 0.744. The van der Waals surface area contributed by atoms with Crippen LogP contribution in [-0.4, -0.2) is 23.0 Å². The van der Waals surface area contributed by atoms with E-state index in [0.717, 1.165) is 12.1 Å². The molecule has 4 heteroatoms. The van der Waals surface area contributed by atoms with Gasteiger partial charge in [-0.2, -0.15) is 0 Å². The number of rotatable bonds is 5. The van der Waals surface area contributed by atoms with Crippen molar-refractivity contribution in [3.05, 3.63) is 28.0 Å². The van der Waals surface area contributed by atoms with Gasteiger partial charge in [-0.1, -0.05) is 42.6 Å². The Hall–Kier alpha value is -0.310. The number of halogens is 2. The summed E-state index contributed by atoms with van der Waals surface area (Å²) in [4.78, 5) is 6.31. The fourth-order valence-electron chi connectivity index (χ4n) is 1.62. The topological polar surface area (TPSA) is 16.1 Å². The lowest BCUT2D eigenvalue weighted by Gasteiger charge is -2.24. The van der Waals surface area contributed by atoms with Crippen molar-refractivity contribution in [3.8, 4) is 0 Å². The summed E-state index contributed by atoms with van der Waals surface area (Å²) in [5.41, 5.74) is 1.02. The van der Waals surface area contributed by atoms with Gasteiger partial charge in [-0.3, -0.25) is 4.90 Å². The van der Waals surface area contributed by atoms with Gasteiger partial charge in [-0.05, 0) is 26.5 Å². The fraction of sp³-hybridized carbons (Fsp3) is 0.583. The molecule has 0 saturated carbocycles. The first-order chi connectivity index (χ1) is 7.54. The average molecular weight is 261 g/mol. The number of hydrogen-bond donors (Lipinski definition) is 0. The molecule has 0 spiro atoms. The van der Waals surface area contributed by atoms with Crippen molar-refractivity contribution in [2.75, 3.05) is 7.05 Å². The number of pyridine rings is 1. The molecule has 0 radical (unpaired) electrons. The van der Waals surface area contributed by atoms with Gasteiger partial charge in [0.05, 0.1) is 0 Å². The van der Waals surface area contributed by atoms with Gasteiger partial charge in [-0.15, -0.1) is 0 Å². The highest BCUT2D eigenvalue weighted by atomic mass is 35.5. The number of aromatic nitrogens is 1. The zero-order valence-corrected chi connectivity index (χ0v) is 11.5. The maximum absolute atomic E-state index is 6.03. The van der Waals surface area contributed by atoms with Gasteiger partial charge >= 0.3 is 0 Å². The molecule has 0 aliphatic rings. The van der Waals surface area contributed by atoms with Crippen molar-refractivity contribution in [2.45, 2.75) is 39.3 Å². The van der Waals surface area contributed by atoms with Gasteiger partial charge in [0.2, 0.25) is 0 Å². The van der Waals surface area contributed by atoms with Gasteiger partial charge < -0.3 is 0 Å². The SMILES string of the molecule is CCCC(C)N(C)Cc1ccc(Cl)nc1Cl. The molecule has 1 atom stereocenters. The van der Waals surface area contributed by atoms with Crippen LogP contribution in [0.1, 0.15) is 32.3 Å². The van der Waals surface area contributed by atoms with Gasteiger partial charge in [0, 0.05) is 18.2 Å². The predicted molar refractivity (Wildman–Crippen MR) is 70.1 cm³/mol. The minimum atomic E-state index is 0.443. The summed E-state index contributed by atoms with van der Waals surface area (Å²) < 4.78 is 0. The van der Waals surface area contributed by atoms with Gasteiger partial charge in [0.1, 0.15) is 10.3 Å². The fourth-order valence-corrected chi connectivity index (χ4v) is 2.03. The molecule has 0 aliphatic heterocycles. The molecule has 0 fully saturated rings. The maximum atomic E-state index is 6.03. The zero-order valence-electron chi connectivity index (χ0n) is 10.0. The molecule has 0 bridgehead atoms. The third-order valence-corrected chi connectivity index (χ3v) is 3.31. The van der Waals surface area contributed by atoms with Crippen LogP contribution in [0.4, 0.5) is 0 Å². The second-order valence-corrected chi connectivity index (χ2v) is 4.88. The molecule has 1 rings (SSSR count). The second kappa shape index (κ2) is 6.43. The summed E-state index contributed by atoms with van der Waals surface area (Å²) in [7, 11) is 2.10. The van der Waals surface area contributed by atoms with E-state index in [4.69, 9.17) is 23.2 Å². The minimum Gasteiger partial charge on any atom is -0.299 e. The van der Waals surface area contributed by atoms with Crippen LogP contribution in [0.15, 0.2) is 12.1 Å². The van der Waals surface area contributed by atoms with E-state index >= 15 is 0 Å². The van der Waals surface area contributed by atoms with Crippen LogP contribution in [0, 0.1) is 0 Å². The Kier molecular flexibility index (Phi) is 5.53. The molecule has 0 aromatic carbocycles. The van der Waals surface area contributed by atoms with Crippen LogP contribution < -0.4 is 0 Å². The number of hydrogen-bond acceptors (Lipinski definition) is 2. The molecule has 0 saturated heterocycles. The summed E-state index contributed by atoms with van der Waals surface area (Å²) in [6.07, 6.45) is 2.38. The van der Waals surface area contributed by atoms with Crippen molar-refractivity contribution in [1.82, 2.24) is 9.88 Å². The van der Waals surface area contributed by atoms with E-state index in [1.54, 1.807) is 6.07 Å². The normalized spacial score (nSPS) is 13.1. The van der Waals surface area contributed by atoms with Crippen LogP contribution in [-0.2, 0) is 6.54 Å². The highest BCUT2D eigenvalue weighted by molar-refractivity contribution is 6.32. The third kappa shape index (κ3) is 3.93. The van der Waals surface area contributed by atoms with Crippen molar-refractivity contribution in [3.63, 3.8) is 0 Å². The van der Waals surface area contributed by atoms with Gasteiger partial charge in [0.25, 0.3) is 0 Å². The monoisotopic (exact) mass is 260 g/mol. The Morgan fingerprint density at radius 3 is 2.62 bits per heavy atom. The van der Waals surface area contributed by atoms with Crippen molar-refractivity contribution < 1.29 is 0 Å². The van der Waals surface area contributed by atoms with Crippen LogP contribution in [0.25, 0.3) is 0 Å². The lowest BCUT2D eigenvalue weighted by atomic mass is 10.1. The average Bonchev–Trinajstić information content (AvgIpc) is 2.22. The minimum absolute atomic E-state index is 0.443. The molecule has 90 valence electrons. The van der Waals surface area contributed by atoms with Crippen molar-refractivity contribution in [2.24, 2.45) is 0 Å². The standard InChI is InChI=1S/C12H18Cl2N2/c1-4-5-9(2)16(3)8-10-6-7-11(13)15-12(10)14/h6-7,9H,4-5,8H2,1-3H3. The highest BCUT2D eigenvalue weighted by Gasteiger charge is 2.11. The Morgan fingerprint density at radius 1 is 1.38 bits per heavy atom. The highest BCUT2D eigenvalue weighted by Crippen LogP contribution is 2.19. The van der Waals surface area contributed by atoms with E-state index in [-0.39, 0.29) is 0 Å². The Morgan fingerprint density at radius 2 is 2.06 bits per heavy atom. The largest absolute Gasteiger partial charge is 0.299 e. The molecular weight excluding hydrogens is 243 g/mol. The maximum Gasteiger partial charge on any atom is 0.135 e. The van der Waals surface area contributed by atoms with Crippen LogP contribution >= 0.6 is 23.2 Å². The van der Waals surface area contributed by atoms with E-state index in [0.29, 0.717) is 16.3 Å². The summed E-state index contributed by atoms with van der Waals surface area (Å²) >= 11 is 11.8. The predicted octanol–water partition coefficient (Wildman–Crippen LogP) is 4.01. The van der Waals surface area contributed by atoms with Gasteiger partial charge in [0.15, 0.2) is 0 Å². The molecule has 16 heavy (non-hydrogen) atoms. The molecule has 1 aromatic heterocycles. The van der Waals surface area contributed by atoms with Crippen molar-refractivity contribution in [1.29, 1.82) is 0 Å². The molecule has 0 aliphatic carbocycles. The lowest BCUT2D eigenvalue weighted by molar-refractivity contribution is 0.236. The summed E-state index contributed by atoms with van der Waals surface area (Å²) in [5, 5.41) is 0.945. The van der Waals surface area contributed by atoms with E-state index in [9.17, 15) is 0 Å². The number of nitrogens with zero attached hydrogens (tertiary/aromatic N) is 2. The molecule has 1 aromatic rings. The van der Waals surface area contributed by atoms with Gasteiger partial charge in [-0.25, -0.2) is 4.98 Å². The van der Waals surface area contributed by atoms with E-state index in [1.165, 1.54) is 12.8 Å². The molecule has 2 nitrogen and oxygen atoms in total. The zero-order chi connectivity index (χ0) is 12.1. The summed E-state index contributed by atoms with van der Waals surface area (Å²) in [6, 6.07) is 4.27. The van der Waals surface area contributed by atoms with Crippen LogP contribution in [0.3, 0.4) is 0 Å². The molecular formula is C12H18Cl2N2. The first-order valence-corrected chi connectivity index (χ1v) is 6.31. The lowest BCUT2D eigenvalue weighted by Crippen LogP contribution is -2.28. The smallest absolute Gasteiger partial charge is 0.135 e. The van der Waals surface area contributed by atoms with E-state index < -0.39 is 0 Å². The second-order valence-electron chi connectivity index (χ2n) is 4.14. The van der Waals surface area contributed by atoms with Crippen molar-refractivity contribution >= 4 is 23.2 Å². The Balaban J connectivity index is 2.65. The molecule has 0 N–H and O–H groups in total. The summed E-state index contributed by atoms with van der Waals surface area (Å²) in [5.74, 6) is 0. The van der Waals surface area contributed by atoms with E-state index in [1.807, 2.05) is 6.07 Å². The molecule has 1 unspecified atom stereocenters. The molecule has 1 heterocycles. The molecule has 0 amide bonds.